The van der Waals surface area contributed by atoms with Gasteiger partial charge in [-0.15, -0.1) is 0 Å². The number of aromatic nitrogens is 3. The predicted octanol–water partition coefficient (Wildman–Crippen LogP) is 1.77. The predicted molar refractivity (Wildman–Crippen MR) is 66.1 cm³/mol. The molecule has 0 saturated heterocycles. The van der Waals surface area contributed by atoms with Crippen molar-refractivity contribution in [1.82, 2.24) is 14.7 Å². The van der Waals surface area contributed by atoms with E-state index in [0.29, 0.717) is 24.5 Å². The van der Waals surface area contributed by atoms with Crippen molar-refractivity contribution >= 4 is 11.7 Å². The van der Waals surface area contributed by atoms with Gasteiger partial charge in [-0.05, 0) is 6.92 Å². The van der Waals surface area contributed by atoms with E-state index in [1.54, 1.807) is 19.2 Å². The SMILES string of the molecule is CCc1nccn1CCC(=O)Nc1cc(C)on1. The molecule has 18 heavy (non-hydrogen) atoms. The van der Waals surface area contributed by atoms with Gasteiger partial charge in [0.2, 0.25) is 5.91 Å². The van der Waals surface area contributed by atoms with Gasteiger partial charge >= 0.3 is 0 Å². The first-order valence-electron chi connectivity index (χ1n) is 5.92. The standard InChI is InChI=1S/C12H16N4O2/c1-3-11-13-5-7-16(11)6-4-12(17)14-10-8-9(2)18-15-10/h5,7-8H,3-4,6H2,1-2H3,(H,14,15,17). The van der Waals surface area contributed by atoms with E-state index in [0.717, 1.165) is 12.2 Å². The molecular formula is C12H16N4O2. The molecule has 96 valence electrons. The van der Waals surface area contributed by atoms with Crippen LogP contribution in [0.2, 0.25) is 0 Å². The van der Waals surface area contributed by atoms with Crippen LogP contribution in [0.1, 0.15) is 24.9 Å². The molecule has 0 fully saturated rings. The average Bonchev–Trinajstić information content (AvgIpc) is 2.95. The Hall–Kier alpha value is -2.11. The number of nitrogens with zero attached hydrogens (tertiary/aromatic N) is 3. The largest absolute Gasteiger partial charge is 0.360 e. The minimum atomic E-state index is -0.0842. The van der Waals surface area contributed by atoms with Gasteiger partial charge in [-0.25, -0.2) is 4.98 Å². The van der Waals surface area contributed by atoms with E-state index >= 15 is 0 Å². The molecule has 0 radical (unpaired) electrons. The number of imidazole rings is 1. The highest BCUT2D eigenvalue weighted by atomic mass is 16.5. The smallest absolute Gasteiger partial charge is 0.227 e. The minimum absolute atomic E-state index is 0.0842. The van der Waals surface area contributed by atoms with Crippen LogP contribution in [0.4, 0.5) is 5.82 Å². The maximum absolute atomic E-state index is 11.7. The lowest BCUT2D eigenvalue weighted by Crippen LogP contribution is -2.15. The fourth-order valence-corrected chi connectivity index (χ4v) is 1.71. The summed E-state index contributed by atoms with van der Waals surface area (Å²) in [6, 6.07) is 1.69. The van der Waals surface area contributed by atoms with Gasteiger partial charge in [-0.2, -0.15) is 0 Å². The molecule has 1 N–H and O–H groups in total. The summed E-state index contributed by atoms with van der Waals surface area (Å²) in [5.41, 5.74) is 0. The van der Waals surface area contributed by atoms with E-state index in [1.165, 1.54) is 0 Å². The summed E-state index contributed by atoms with van der Waals surface area (Å²) in [4.78, 5) is 15.9. The van der Waals surface area contributed by atoms with Gasteiger partial charge in [0.25, 0.3) is 0 Å². The van der Waals surface area contributed by atoms with E-state index in [4.69, 9.17) is 4.52 Å². The Kier molecular flexibility index (Phi) is 3.76. The van der Waals surface area contributed by atoms with Crippen molar-refractivity contribution < 1.29 is 9.32 Å². The summed E-state index contributed by atoms with van der Waals surface area (Å²) >= 11 is 0. The number of hydrogen-bond acceptors (Lipinski definition) is 4. The van der Waals surface area contributed by atoms with Gasteiger partial charge in [-0.1, -0.05) is 12.1 Å². The van der Waals surface area contributed by atoms with Crippen molar-refractivity contribution in [2.24, 2.45) is 0 Å². The summed E-state index contributed by atoms with van der Waals surface area (Å²) in [6.45, 7) is 4.44. The Bertz CT molecular complexity index is 530. The summed E-state index contributed by atoms with van der Waals surface area (Å²) < 4.78 is 6.85. The molecule has 0 atom stereocenters. The Morgan fingerprint density at radius 3 is 3.06 bits per heavy atom. The van der Waals surface area contributed by atoms with Gasteiger partial charge in [0.15, 0.2) is 5.82 Å². The molecule has 6 heteroatoms. The lowest BCUT2D eigenvalue weighted by atomic mass is 10.3. The highest BCUT2D eigenvalue weighted by molar-refractivity contribution is 5.89. The van der Waals surface area contributed by atoms with Gasteiger partial charge in [0.05, 0.1) is 0 Å². The van der Waals surface area contributed by atoms with E-state index in [2.05, 4.69) is 15.5 Å². The molecule has 0 aromatic carbocycles. The Morgan fingerprint density at radius 2 is 2.39 bits per heavy atom. The third-order valence-electron chi connectivity index (χ3n) is 2.59. The van der Waals surface area contributed by atoms with Crippen LogP contribution in [0.5, 0.6) is 0 Å². The van der Waals surface area contributed by atoms with Crippen LogP contribution in [-0.4, -0.2) is 20.6 Å². The fraction of sp³-hybridized carbons (Fsp3) is 0.417. The third kappa shape index (κ3) is 2.97. The number of amides is 1. The van der Waals surface area contributed by atoms with E-state index in [1.807, 2.05) is 17.7 Å². The van der Waals surface area contributed by atoms with Crippen LogP contribution in [0.3, 0.4) is 0 Å². The zero-order valence-corrected chi connectivity index (χ0v) is 10.5. The summed E-state index contributed by atoms with van der Waals surface area (Å²) in [6.07, 6.45) is 4.87. The second kappa shape index (κ2) is 5.48. The molecule has 6 nitrogen and oxygen atoms in total. The second-order valence-corrected chi connectivity index (χ2v) is 4.01. The highest BCUT2D eigenvalue weighted by Gasteiger charge is 2.07. The fourth-order valence-electron chi connectivity index (χ4n) is 1.71. The third-order valence-corrected chi connectivity index (χ3v) is 2.59. The molecular weight excluding hydrogens is 232 g/mol. The van der Waals surface area contributed by atoms with Crippen molar-refractivity contribution in [3.63, 3.8) is 0 Å². The minimum Gasteiger partial charge on any atom is -0.360 e. The van der Waals surface area contributed by atoms with Gasteiger partial charge in [0.1, 0.15) is 11.6 Å². The molecule has 0 aliphatic heterocycles. The summed E-state index contributed by atoms with van der Waals surface area (Å²) in [5, 5.41) is 6.39. The molecule has 0 bridgehead atoms. The van der Waals surface area contributed by atoms with Crippen molar-refractivity contribution in [2.75, 3.05) is 5.32 Å². The number of nitrogens with one attached hydrogen (secondary N) is 1. The average molecular weight is 248 g/mol. The summed E-state index contributed by atoms with van der Waals surface area (Å²) in [5.74, 6) is 2.03. The van der Waals surface area contributed by atoms with E-state index in [9.17, 15) is 4.79 Å². The highest BCUT2D eigenvalue weighted by Crippen LogP contribution is 2.08. The number of carbonyl (C=O) groups excluding carboxylic acids is 1. The second-order valence-electron chi connectivity index (χ2n) is 4.01. The van der Waals surface area contributed by atoms with E-state index in [-0.39, 0.29) is 5.91 Å². The molecule has 2 rings (SSSR count). The van der Waals surface area contributed by atoms with Crippen molar-refractivity contribution in [1.29, 1.82) is 0 Å². The number of carbonyl (C=O) groups is 1. The van der Waals surface area contributed by atoms with Gasteiger partial charge in [-0.3, -0.25) is 4.79 Å². The molecule has 2 heterocycles. The first-order chi connectivity index (χ1) is 8.69. The zero-order chi connectivity index (χ0) is 13.0. The van der Waals surface area contributed by atoms with Crippen molar-refractivity contribution in [3.8, 4) is 0 Å². The number of anilines is 1. The lowest BCUT2D eigenvalue weighted by Gasteiger charge is -2.05. The number of rotatable bonds is 5. The number of hydrogen-bond donors (Lipinski definition) is 1. The lowest BCUT2D eigenvalue weighted by molar-refractivity contribution is -0.116. The van der Waals surface area contributed by atoms with Crippen LogP contribution < -0.4 is 5.32 Å². The van der Waals surface area contributed by atoms with Crippen LogP contribution in [0.25, 0.3) is 0 Å². The Labute approximate surface area is 105 Å². The van der Waals surface area contributed by atoms with Gasteiger partial charge < -0.3 is 14.4 Å². The Morgan fingerprint density at radius 1 is 1.56 bits per heavy atom. The maximum Gasteiger partial charge on any atom is 0.227 e. The van der Waals surface area contributed by atoms with Crippen molar-refractivity contribution in [2.45, 2.75) is 33.2 Å². The zero-order valence-electron chi connectivity index (χ0n) is 10.5. The van der Waals surface area contributed by atoms with E-state index < -0.39 is 0 Å². The van der Waals surface area contributed by atoms with Gasteiger partial charge in [0, 0.05) is 37.8 Å². The molecule has 2 aromatic heterocycles. The molecule has 1 amide bonds. The Balaban J connectivity index is 1.85. The molecule has 0 aliphatic carbocycles. The molecule has 0 saturated carbocycles. The number of aryl methyl sites for hydroxylation is 3. The first-order valence-corrected chi connectivity index (χ1v) is 5.92. The summed E-state index contributed by atoms with van der Waals surface area (Å²) in [7, 11) is 0. The van der Waals surface area contributed by atoms with Crippen molar-refractivity contribution in [3.05, 3.63) is 30.0 Å². The molecule has 0 unspecified atom stereocenters. The van der Waals surface area contributed by atoms with Crippen LogP contribution in [0, 0.1) is 6.92 Å². The molecule has 0 aliphatic rings. The molecule has 2 aromatic rings. The molecule has 0 spiro atoms. The monoisotopic (exact) mass is 248 g/mol. The maximum atomic E-state index is 11.7. The quantitative estimate of drug-likeness (QED) is 0.875. The van der Waals surface area contributed by atoms with Crippen LogP contribution >= 0.6 is 0 Å². The topological polar surface area (TPSA) is 73.0 Å². The first kappa shape index (κ1) is 12.3. The van der Waals surface area contributed by atoms with Crippen LogP contribution in [0.15, 0.2) is 23.0 Å². The normalized spacial score (nSPS) is 10.6. The van der Waals surface area contributed by atoms with Crippen LogP contribution in [-0.2, 0) is 17.8 Å².